The third kappa shape index (κ3) is 2.09. The van der Waals surface area contributed by atoms with Gasteiger partial charge in [0.05, 0.1) is 5.69 Å². The molecule has 1 N–H and O–H groups in total. The lowest BCUT2D eigenvalue weighted by molar-refractivity contribution is -0.126. The Bertz CT molecular complexity index is 555. The summed E-state index contributed by atoms with van der Waals surface area (Å²) in [5.74, 6) is -3.39. The van der Waals surface area contributed by atoms with Gasteiger partial charge in [-0.05, 0) is 18.2 Å². The maximum Gasteiger partial charge on any atom is 0.261 e. The molecule has 4 nitrogen and oxygen atoms in total. The number of carbonyl (C=O) groups is 2. The van der Waals surface area contributed by atoms with Crippen molar-refractivity contribution in [2.24, 2.45) is 0 Å². The number of amides is 2. The van der Waals surface area contributed by atoms with Gasteiger partial charge in [-0.3, -0.25) is 9.59 Å². The third-order valence-corrected chi connectivity index (χ3v) is 2.59. The Morgan fingerprint density at radius 2 is 2.11 bits per heavy atom. The van der Waals surface area contributed by atoms with Crippen LogP contribution in [0.25, 0.3) is 0 Å². The summed E-state index contributed by atoms with van der Waals surface area (Å²) in [6, 6.07) is 3.43. The van der Waals surface area contributed by atoms with Crippen molar-refractivity contribution >= 4 is 17.5 Å². The van der Waals surface area contributed by atoms with Crippen molar-refractivity contribution in [1.29, 1.82) is 0 Å². The van der Waals surface area contributed by atoms with E-state index in [1.54, 1.807) is 7.05 Å². The fourth-order valence-electron chi connectivity index (χ4n) is 1.58. The number of rotatable bonds is 2. The number of nitrogens with one attached hydrogen (secondary N) is 1. The molecule has 2 amide bonds. The normalized spacial score (nSPS) is 14.7. The Hall–Kier alpha value is -2.24. The number of halogens is 2. The van der Waals surface area contributed by atoms with Crippen molar-refractivity contribution in [2.45, 2.75) is 0 Å². The van der Waals surface area contributed by atoms with Crippen molar-refractivity contribution < 1.29 is 18.4 Å². The number of benzene rings is 1. The lowest BCUT2D eigenvalue weighted by Crippen LogP contribution is -2.27. The van der Waals surface area contributed by atoms with Crippen LogP contribution in [0.15, 0.2) is 29.8 Å². The van der Waals surface area contributed by atoms with Crippen LogP contribution in [0, 0.1) is 11.6 Å². The molecule has 1 aromatic rings. The van der Waals surface area contributed by atoms with Crippen molar-refractivity contribution in [2.75, 3.05) is 18.9 Å². The predicted molar refractivity (Wildman–Crippen MR) is 60.7 cm³/mol. The molecule has 0 radical (unpaired) electrons. The van der Waals surface area contributed by atoms with Gasteiger partial charge < -0.3 is 10.2 Å². The average Bonchev–Trinajstić information content (AvgIpc) is 2.66. The van der Waals surface area contributed by atoms with Crippen LogP contribution in [0.4, 0.5) is 14.5 Å². The van der Waals surface area contributed by atoms with Crippen LogP contribution in [0.3, 0.4) is 0 Å². The molecule has 0 aromatic heterocycles. The standard InChI is InChI=1S/C12H10F2N2O2/c1-16-6-5-7(12(16)18)11(17)15-9-4-2-3-8(13)10(9)14/h2-5H,6H2,1H3,(H,15,17). The van der Waals surface area contributed by atoms with Gasteiger partial charge in [-0.2, -0.15) is 0 Å². The van der Waals surface area contributed by atoms with E-state index in [-0.39, 0.29) is 11.3 Å². The van der Waals surface area contributed by atoms with Crippen LogP contribution >= 0.6 is 0 Å². The maximum absolute atomic E-state index is 13.3. The molecule has 0 atom stereocenters. The van der Waals surface area contributed by atoms with Gasteiger partial charge in [0.25, 0.3) is 11.8 Å². The van der Waals surface area contributed by atoms with E-state index in [2.05, 4.69) is 5.32 Å². The van der Waals surface area contributed by atoms with Crippen LogP contribution in [0.1, 0.15) is 0 Å². The van der Waals surface area contributed by atoms with Gasteiger partial charge >= 0.3 is 0 Å². The second-order valence-corrected chi connectivity index (χ2v) is 3.86. The van der Waals surface area contributed by atoms with E-state index >= 15 is 0 Å². The van der Waals surface area contributed by atoms with E-state index in [0.29, 0.717) is 6.54 Å². The fraction of sp³-hybridized carbons (Fsp3) is 0.167. The Morgan fingerprint density at radius 1 is 1.39 bits per heavy atom. The molecule has 94 valence electrons. The van der Waals surface area contributed by atoms with Crippen LogP contribution in [-0.2, 0) is 9.59 Å². The molecule has 1 heterocycles. The minimum Gasteiger partial charge on any atom is -0.338 e. The molecular formula is C12H10F2N2O2. The summed E-state index contributed by atoms with van der Waals surface area (Å²) >= 11 is 0. The molecular weight excluding hydrogens is 242 g/mol. The monoisotopic (exact) mass is 252 g/mol. The van der Waals surface area contributed by atoms with Crippen LogP contribution in [0.2, 0.25) is 0 Å². The molecule has 0 unspecified atom stereocenters. The van der Waals surface area contributed by atoms with Gasteiger partial charge in [0, 0.05) is 13.6 Å². The number of carbonyl (C=O) groups excluding carboxylic acids is 2. The van der Waals surface area contributed by atoms with Gasteiger partial charge in [-0.25, -0.2) is 8.78 Å². The quantitative estimate of drug-likeness (QED) is 0.806. The number of nitrogens with zero attached hydrogens (tertiary/aromatic N) is 1. The third-order valence-electron chi connectivity index (χ3n) is 2.59. The summed E-state index contributed by atoms with van der Waals surface area (Å²) in [6.07, 6.45) is 1.44. The first-order chi connectivity index (χ1) is 8.50. The number of hydrogen-bond acceptors (Lipinski definition) is 2. The molecule has 0 aliphatic carbocycles. The molecule has 6 heteroatoms. The van der Waals surface area contributed by atoms with Gasteiger partial charge in [-0.15, -0.1) is 0 Å². The van der Waals surface area contributed by atoms with Gasteiger partial charge in [0.2, 0.25) is 0 Å². The van der Waals surface area contributed by atoms with E-state index in [0.717, 1.165) is 6.07 Å². The number of anilines is 1. The summed E-state index contributed by atoms with van der Waals surface area (Å²) in [6.45, 7) is 0.327. The zero-order valence-corrected chi connectivity index (χ0v) is 9.54. The lowest BCUT2D eigenvalue weighted by Gasteiger charge is -2.09. The summed E-state index contributed by atoms with van der Waals surface area (Å²) in [7, 11) is 1.54. The van der Waals surface area contributed by atoms with Crippen LogP contribution in [0.5, 0.6) is 0 Å². The molecule has 0 bridgehead atoms. The maximum atomic E-state index is 13.3. The van der Waals surface area contributed by atoms with Crippen molar-refractivity contribution in [1.82, 2.24) is 4.90 Å². The Labute approximate surface area is 102 Å². The SMILES string of the molecule is CN1CC=C(C(=O)Nc2cccc(F)c2F)C1=O. The number of hydrogen-bond donors (Lipinski definition) is 1. The Kier molecular flexibility index (Phi) is 3.10. The van der Waals surface area contributed by atoms with Crippen molar-refractivity contribution in [3.8, 4) is 0 Å². The van der Waals surface area contributed by atoms with E-state index in [1.807, 2.05) is 0 Å². The number of likely N-dealkylation sites (N-methyl/N-ethyl adjacent to an activating group) is 1. The molecule has 2 rings (SSSR count). The Balaban J connectivity index is 2.18. The van der Waals surface area contributed by atoms with E-state index in [1.165, 1.54) is 23.1 Å². The fourth-order valence-corrected chi connectivity index (χ4v) is 1.58. The average molecular weight is 252 g/mol. The zero-order valence-electron chi connectivity index (χ0n) is 9.54. The molecule has 1 aliphatic heterocycles. The summed E-state index contributed by atoms with van der Waals surface area (Å²) in [5.41, 5.74) is -0.357. The highest BCUT2D eigenvalue weighted by Crippen LogP contribution is 2.18. The molecule has 0 spiro atoms. The van der Waals surface area contributed by atoms with E-state index < -0.39 is 23.4 Å². The van der Waals surface area contributed by atoms with E-state index in [9.17, 15) is 18.4 Å². The molecule has 0 fully saturated rings. The summed E-state index contributed by atoms with van der Waals surface area (Å²) in [5, 5.41) is 2.17. The van der Waals surface area contributed by atoms with Crippen LogP contribution < -0.4 is 5.32 Å². The predicted octanol–water partition coefficient (Wildman–Crippen LogP) is 1.30. The first kappa shape index (κ1) is 12.2. The van der Waals surface area contributed by atoms with Crippen LogP contribution in [-0.4, -0.2) is 30.3 Å². The second kappa shape index (κ2) is 4.56. The highest BCUT2D eigenvalue weighted by molar-refractivity contribution is 6.23. The highest BCUT2D eigenvalue weighted by atomic mass is 19.2. The van der Waals surface area contributed by atoms with Crippen molar-refractivity contribution in [3.63, 3.8) is 0 Å². The topological polar surface area (TPSA) is 49.4 Å². The summed E-state index contributed by atoms with van der Waals surface area (Å²) < 4.78 is 26.2. The highest BCUT2D eigenvalue weighted by Gasteiger charge is 2.26. The molecule has 18 heavy (non-hydrogen) atoms. The van der Waals surface area contributed by atoms with E-state index in [4.69, 9.17) is 0 Å². The largest absolute Gasteiger partial charge is 0.338 e. The van der Waals surface area contributed by atoms with Crippen molar-refractivity contribution in [3.05, 3.63) is 41.5 Å². The lowest BCUT2D eigenvalue weighted by atomic mass is 10.2. The zero-order chi connectivity index (χ0) is 13.3. The first-order valence-corrected chi connectivity index (χ1v) is 5.21. The molecule has 0 saturated heterocycles. The minimum absolute atomic E-state index is 0.0684. The van der Waals surface area contributed by atoms with Gasteiger partial charge in [0.15, 0.2) is 11.6 Å². The Morgan fingerprint density at radius 3 is 2.72 bits per heavy atom. The molecule has 1 aliphatic rings. The molecule has 0 saturated carbocycles. The minimum atomic E-state index is -1.15. The first-order valence-electron chi connectivity index (χ1n) is 5.21. The molecule has 1 aromatic carbocycles. The smallest absolute Gasteiger partial charge is 0.261 e. The second-order valence-electron chi connectivity index (χ2n) is 3.86. The summed E-state index contributed by atoms with van der Waals surface area (Å²) in [4.78, 5) is 24.6. The van der Waals surface area contributed by atoms with Gasteiger partial charge in [-0.1, -0.05) is 6.07 Å². The van der Waals surface area contributed by atoms with Gasteiger partial charge in [0.1, 0.15) is 5.57 Å².